The molecule has 1 fully saturated rings. The van der Waals surface area contributed by atoms with Gasteiger partial charge in [0.2, 0.25) is 5.91 Å². The quantitative estimate of drug-likeness (QED) is 0.522. The van der Waals surface area contributed by atoms with Gasteiger partial charge in [0.15, 0.2) is 0 Å². The molecule has 2 aromatic rings. The second-order valence-electron chi connectivity index (χ2n) is 8.40. The molecule has 2 aromatic carbocycles. The van der Waals surface area contributed by atoms with Gasteiger partial charge in [0.05, 0.1) is 6.54 Å². The number of amides is 1. The van der Waals surface area contributed by atoms with Crippen LogP contribution in [0.3, 0.4) is 0 Å². The van der Waals surface area contributed by atoms with Crippen LogP contribution in [-0.2, 0) is 11.2 Å². The zero-order valence-electron chi connectivity index (χ0n) is 20.9. The number of benzene rings is 2. The van der Waals surface area contributed by atoms with Gasteiger partial charge in [0.25, 0.3) is 0 Å². The SMILES string of the molecule is CC.CN(C)CCCc1cc(Cl)ccc1C1CCN(C(=O)CN)CC1.Cc1ccc(Cl)cc1. The summed E-state index contributed by atoms with van der Waals surface area (Å²) in [5.41, 5.74) is 9.48. The van der Waals surface area contributed by atoms with Gasteiger partial charge in [-0.05, 0) is 94.6 Å². The summed E-state index contributed by atoms with van der Waals surface area (Å²) in [7, 11) is 4.20. The first-order chi connectivity index (χ1) is 15.8. The van der Waals surface area contributed by atoms with E-state index in [0.29, 0.717) is 5.92 Å². The van der Waals surface area contributed by atoms with Gasteiger partial charge in [-0.3, -0.25) is 4.79 Å². The fraction of sp³-hybridized carbons (Fsp3) is 0.519. The first-order valence-corrected chi connectivity index (χ1v) is 12.7. The Morgan fingerprint density at radius 1 is 1.03 bits per heavy atom. The standard InChI is InChI=1S/C18H28ClN3O.C7H7Cl.C2H6/c1-21(2)9-3-4-15-12-16(19)5-6-17(15)14-7-10-22(11-8-14)18(23)13-20;1-6-2-4-7(8)5-3-6;1-2/h5-6,12,14H,3-4,7-11,13,20H2,1-2H3;2-5H,1H3;1-2H3. The van der Waals surface area contributed by atoms with Crippen molar-refractivity contribution in [3.05, 3.63) is 69.2 Å². The first-order valence-electron chi connectivity index (χ1n) is 11.9. The molecule has 6 heteroatoms. The van der Waals surface area contributed by atoms with E-state index in [0.717, 1.165) is 55.4 Å². The molecular weight excluding hydrogens is 453 g/mol. The minimum atomic E-state index is 0.0609. The zero-order chi connectivity index (χ0) is 24.8. The predicted molar refractivity (Wildman–Crippen MR) is 143 cm³/mol. The summed E-state index contributed by atoms with van der Waals surface area (Å²) in [6, 6.07) is 14.0. The van der Waals surface area contributed by atoms with E-state index in [4.69, 9.17) is 28.9 Å². The Kier molecular flexibility index (Phi) is 14.4. The molecule has 1 amide bonds. The van der Waals surface area contributed by atoms with Crippen LogP contribution in [0, 0.1) is 6.92 Å². The third-order valence-corrected chi connectivity index (χ3v) is 6.12. The van der Waals surface area contributed by atoms with Crippen LogP contribution in [0.1, 0.15) is 55.7 Å². The number of carbonyl (C=O) groups excluding carboxylic acids is 1. The molecule has 2 N–H and O–H groups in total. The van der Waals surface area contributed by atoms with E-state index in [1.54, 1.807) is 0 Å². The summed E-state index contributed by atoms with van der Waals surface area (Å²) >= 11 is 11.8. The smallest absolute Gasteiger partial charge is 0.236 e. The monoisotopic (exact) mass is 493 g/mol. The number of piperidine rings is 1. The van der Waals surface area contributed by atoms with Gasteiger partial charge in [-0.15, -0.1) is 0 Å². The molecule has 0 aromatic heterocycles. The molecule has 184 valence electrons. The van der Waals surface area contributed by atoms with Gasteiger partial charge in [-0.2, -0.15) is 0 Å². The molecule has 0 saturated carbocycles. The van der Waals surface area contributed by atoms with Crippen molar-refractivity contribution < 1.29 is 4.79 Å². The highest BCUT2D eigenvalue weighted by atomic mass is 35.5. The van der Waals surface area contributed by atoms with Crippen LogP contribution in [0.15, 0.2) is 42.5 Å². The molecule has 0 unspecified atom stereocenters. The molecule has 0 bridgehead atoms. The van der Waals surface area contributed by atoms with Crippen molar-refractivity contribution in [3.8, 4) is 0 Å². The topological polar surface area (TPSA) is 49.6 Å². The number of rotatable bonds is 6. The molecule has 0 radical (unpaired) electrons. The summed E-state index contributed by atoms with van der Waals surface area (Å²) < 4.78 is 0. The van der Waals surface area contributed by atoms with Gasteiger partial charge >= 0.3 is 0 Å². The summed E-state index contributed by atoms with van der Waals surface area (Å²) in [4.78, 5) is 15.8. The zero-order valence-corrected chi connectivity index (χ0v) is 22.4. The molecule has 1 saturated heterocycles. The predicted octanol–water partition coefficient (Wildman–Crippen LogP) is 6.17. The van der Waals surface area contributed by atoms with Crippen molar-refractivity contribution >= 4 is 29.1 Å². The normalized spacial score (nSPS) is 13.7. The summed E-state index contributed by atoms with van der Waals surface area (Å²) in [5, 5.41) is 1.61. The average Bonchev–Trinajstić information content (AvgIpc) is 2.82. The summed E-state index contributed by atoms with van der Waals surface area (Å²) in [6.07, 6.45) is 4.20. The molecule has 33 heavy (non-hydrogen) atoms. The number of nitrogens with two attached hydrogens (primary N) is 1. The van der Waals surface area contributed by atoms with E-state index < -0.39 is 0 Å². The minimum Gasteiger partial charge on any atom is -0.342 e. The van der Waals surface area contributed by atoms with E-state index in [-0.39, 0.29) is 12.5 Å². The van der Waals surface area contributed by atoms with Crippen molar-refractivity contribution in [3.63, 3.8) is 0 Å². The van der Waals surface area contributed by atoms with Crippen LogP contribution in [0.25, 0.3) is 0 Å². The Morgan fingerprint density at radius 2 is 1.61 bits per heavy atom. The van der Waals surface area contributed by atoms with Crippen LogP contribution < -0.4 is 5.73 Å². The lowest BCUT2D eigenvalue weighted by Gasteiger charge is -2.33. The number of hydrogen-bond donors (Lipinski definition) is 1. The van der Waals surface area contributed by atoms with Crippen LogP contribution in [0.4, 0.5) is 0 Å². The maximum Gasteiger partial charge on any atom is 0.236 e. The summed E-state index contributed by atoms with van der Waals surface area (Å²) in [6.45, 7) is 8.84. The van der Waals surface area contributed by atoms with Crippen molar-refractivity contribution in [2.75, 3.05) is 40.3 Å². The Balaban J connectivity index is 0.000000454. The number of likely N-dealkylation sites (tertiary alicyclic amines) is 1. The van der Waals surface area contributed by atoms with Gasteiger partial charge in [-0.25, -0.2) is 0 Å². The van der Waals surface area contributed by atoms with Gasteiger partial charge in [0, 0.05) is 23.1 Å². The number of aryl methyl sites for hydroxylation is 2. The molecule has 4 nitrogen and oxygen atoms in total. The van der Waals surface area contributed by atoms with Gasteiger partial charge < -0.3 is 15.5 Å². The molecular formula is C27H41Cl2N3O. The van der Waals surface area contributed by atoms with E-state index in [9.17, 15) is 4.79 Å². The lowest BCUT2D eigenvalue weighted by atomic mass is 9.85. The number of carbonyl (C=O) groups is 1. The lowest BCUT2D eigenvalue weighted by molar-refractivity contribution is -0.130. The largest absolute Gasteiger partial charge is 0.342 e. The second kappa shape index (κ2) is 16.1. The van der Waals surface area contributed by atoms with Crippen molar-refractivity contribution in [1.29, 1.82) is 0 Å². The molecule has 0 atom stereocenters. The van der Waals surface area contributed by atoms with E-state index in [1.807, 2.05) is 56.0 Å². The number of halogens is 2. The third kappa shape index (κ3) is 10.9. The van der Waals surface area contributed by atoms with E-state index >= 15 is 0 Å². The first kappa shape index (κ1) is 29.4. The van der Waals surface area contributed by atoms with Crippen molar-refractivity contribution in [2.45, 2.75) is 52.4 Å². The molecule has 1 aliphatic rings. The summed E-state index contributed by atoms with van der Waals surface area (Å²) in [5.74, 6) is 0.578. The second-order valence-corrected chi connectivity index (χ2v) is 9.28. The Morgan fingerprint density at radius 3 is 2.12 bits per heavy atom. The molecule has 1 aliphatic heterocycles. The molecule has 3 rings (SSSR count). The maximum atomic E-state index is 11.7. The molecule has 1 heterocycles. The van der Waals surface area contributed by atoms with Crippen LogP contribution >= 0.6 is 23.2 Å². The average molecular weight is 495 g/mol. The van der Waals surface area contributed by atoms with Gasteiger partial charge in [0.1, 0.15) is 0 Å². The minimum absolute atomic E-state index is 0.0609. The van der Waals surface area contributed by atoms with E-state index in [2.05, 4.69) is 31.1 Å². The maximum absolute atomic E-state index is 11.7. The highest BCUT2D eigenvalue weighted by molar-refractivity contribution is 6.30. The van der Waals surface area contributed by atoms with Crippen LogP contribution in [0.2, 0.25) is 10.0 Å². The van der Waals surface area contributed by atoms with Gasteiger partial charge in [-0.1, -0.05) is 60.8 Å². The molecule has 0 spiro atoms. The Hall–Kier alpha value is -1.59. The van der Waals surface area contributed by atoms with E-state index in [1.165, 1.54) is 16.7 Å². The highest BCUT2D eigenvalue weighted by Crippen LogP contribution is 2.32. The van der Waals surface area contributed by atoms with Crippen LogP contribution in [0.5, 0.6) is 0 Å². The van der Waals surface area contributed by atoms with Crippen molar-refractivity contribution in [1.82, 2.24) is 9.80 Å². The van der Waals surface area contributed by atoms with Crippen molar-refractivity contribution in [2.24, 2.45) is 5.73 Å². The Labute approximate surface area is 211 Å². The van der Waals surface area contributed by atoms with Crippen LogP contribution in [-0.4, -0.2) is 56.0 Å². The fourth-order valence-electron chi connectivity index (χ4n) is 3.88. The third-order valence-electron chi connectivity index (χ3n) is 5.63. The Bertz CT molecular complexity index is 796. The fourth-order valence-corrected chi connectivity index (χ4v) is 4.20. The number of hydrogen-bond acceptors (Lipinski definition) is 3. The number of nitrogens with zero attached hydrogens (tertiary/aromatic N) is 2. The highest BCUT2D eigenvalue weighted by Gasteiger charge is 2.24. The molecule has 0 aliphatic carbocycles. The lowest BCUT2D eigenvalue weighted by Crippen LogP contribution is -2.41.